The topological polar surface area (TPSA) is 80.9 Å². The van der Waals surface area contributed by atoms with E-state index in [1.165, 1.54) is 0 Å². The number of nitrogens with one attached hydrogen (secondary N) is 1. The van der Waals surface area contributed by atoms with E-state index in [0.29, 0.717) is 12.4 Å². The predicted octanol–water partition coefficient (Wildman–Crippen LogP) is 0.703. The molecule has 0 aromatic carbocycles. The number of carbonyl (C=O) groups excluding carboxylic acids is 1. The molecule has 2 aromatic heterocycles. The first-order valence-electron chi connectivity index (χ1n) is 4.73. The van der Waals surface area contributed by atoms with Crippen LogP contribution in [-0.4, -0.2) is 21.1 Å². The summed E-state index contributed by atoms with van der Waals surface area (Å²) in [5.74, 6) is -0.0441. The molecule has 2 aromatic rings. The van der Waals surface area contributed by atoms with Gasteiger partial charge in [0.15, 0.2) is 0 Å². The highest BCUT2D eigenvalue weighted by Crippen LogP contribution is 1.99. The number of rotatable bonds is 3. The molecule has 0 saturated heterocycles. The van der Waals surface area contributed by atoms with Crippen molar-refractivity contribution in [3.63, 3.8) is 0 Å². The zero-order valence-corrected chi connectivity index (χ0v) is 8.67. The van der Waals surface area contributed by atoms with Crippen molar-refractivity contribution in [3.05, 3.63) is 41.9 Å². The Bertz CT molecular complexity index is 481. The maximum atomic E-state index is 11.5. The molecule has 2 rings (SSSR count). The van der Waals surface area contributed by atoms with Crippen molar-refractivity contribution in [3.8, 4) is 0 Å². The molecule has 0 unspecified atom stereocenters. The average Bonchev–Trinajstić information content (AvgIpc) is 2.74. The molecule has 0 saturated carbocycles. The Balaban J connectivity index is 1.94. The molecule has 0 spiro atoms. The molecule has 0 radical (unpaired) electrons. The van der Waals surface area contributed by atoms with E-state index < -0.39 is 0 Å². The van der Waals surface area contributed by atoms with Gasteiger partial charge in [0.1, 0.15) is 0 Å². The smallest absolute Gasteiger partial charge is 0.309 e. The van der Waals surface area contributed by atoms with Gasteiger partial charge in [0, 0.05) is 25.9 Å². The van der Waals surface area contributed by atoms with E-state index in [1.807, 2.05) is 6.07 Å². The van der Waals surface area contributed by atoms with Gasteiger partial charge in [0.2, 0.25) is 5.89 Å². The Morgan fingerprint density at radius 2 is 2.38 bits per heavy atom. The van der Waals surface area contributed by atoms with Crippen LogP contribution in [0.5, 0.6) is 0 Å². The fourth-order valence-electron chi connectivity index (χ4n) is 1.15. The highest BCUT2D eigenvalue weighted by atomic mass is 16.4. The van der Waals surface area contributed by atoms with Crippen LogP contribution in [0.4, 0.5) is 0 Å². The SMILES string of the molecule is Cc1nnc(C(=O)NCc2cccnc2)o1. The quantitative estimate of drug-likeness (QED) is 0.820. The second-order valence-corrected chi connectivity index (χ2v) is 3.17. The van der Waals surface area contributed by atoms with Crippen LogP contribution in [0.3, 0.4) is 0 Å². The minimum absolute atomic E-state index is 0.0265. The summed E-state index contributed by atoms with van der Waals surface area (Å²) in [7, 11) is 0. The van der Waals surface area contributed by atoms with Gasteiger partial charge in [0.25, 0.3) is 0 Å². The third kappa shape index (κ3) is 2.41. The number of hydrogen-bond donors (Lipinski definition) is 1. The summed E-state index contributed by atoms with van der Waals surface area (Å²) in [6.45, 7) is 2.01. The van der Waals surface area contributed by atoms with Crippen LogP contribution in [0, 0.1) is 6.92 Å². The molecule has 6 heteroatoms. The van der Waals surface area contributed by atoms with Gasteiger partial charge in [-0.3, -0.25) is 9.78 Å². The first kappa shape index (κ1) is 10.3. The Hall–Kier alpha value is -2.24. The van der Waals surface area contributed by atoms with Crippen LogP contribution >= 0.6 is 0 Å². The highest BCUT2D eigenvalue weighted by molar-refractivity contribution is 5.89. The lowest BCUT2D eigenvalue weighted by molar-refractivity contribution is 0.0915. The first-order valence-corrected chi connectivity index (χ1v) is 4.73. The summed E-state index contributed by atoms with van der Waals surface area (Å²) >= 11 is 0. The number of aromatic nitrogens is 3. The lowest BCUT2D eigenvalue weighted by Gasteiger charge is -2.00. The summed E-state index contributed by atoms with van der Waals surface area (Å²) in [5.41, 5.74) is 0.909. The molecule has 16 heavy (non-hydrogen) atoms. The molecule has 1 amide bonds. The fourth-order valence-corrected chi connectivity index (χ4v) is 1.15. The molecule has 0 aliphatic carbocycles. The zero-order valence-electron chi connectivity index (χ0n) is 8.67. The van der Waals surface area contributed by atoms with Gasteiger partial charge in [-0.1, -0.05) is 6.07 Å². The number of carbonyl (C=O) groups is 1. The van der Waals surface area contributed by atoms with E-state index in [9.17, 15) is 4.79 Å². The predicted molar refractivity (Wildman–Crippen MR) is 54.4 cm³/mol. The molecule has 0 aliphatic rings. The molecule has 6 nitrogen and oxygen atoms in total. The van der Waals surface area contributed by atoms with Crippen LogP contribution in [0.1, 0.15) is 22.1 Å². The molecule has 2 heterocycles. The molecular weight excluding hydrogens is 208 g/mol. The Kier molecular flexibility index (Phi) is 2.90. The van der Waals surface area contributed by atoms with E-state index in [2.05, 4.69) is 20.5 Å². The molecule has 82 valence electrons. The summed E-state index contributed by atoms with van der Waals surface area (Å²) in [5, 5.41) is 9.84. The van der Waals surface area contributed by atoms with Gasteiger partial charge >= 0.3 is 11.8 Å². The number of pyridine rings is 1. The molecule has 0 fully saturated rings. The van der Waals surface area contributed by atoms with E-state index in [0.717, 1.165) is 5.56 Å². The maximum absolute atomic E-state index is 11.5. The van der Waals surface area contributed by atoms with Gasteiger partial charge in [-0.05, 0) is 11.6 Å². The second-order valence-electron chi connectivity index (χ2n) is 3.17. The van der Waals surface area contributed by atoms with Crippen molar-refractivity contribution in [1.82, 2.24) is 20.5 Å². The number of nitrogens with zero attached hydrogens (tertiary/aromatic N) is 3. The van der Waals surface area contributed by atoms with Crippen molar-refractivity contribution < 1.29 is 9.21 Å². The Labute approximate surface area is 91.7 Å². The van der Waals surface area contributed by atoms with Crippen molar-refractivity contribution in [2.45, 2.75) is 13.5 Å². The second kappa shape index (κ2) is 4.52. The largest absolute Gasteiger partial charge is 0.417 e. The number of amides is 1. The molecular formula is C10H10N4O2. The van der Waals surface area contributed by atoms with E-state index in [4.69, 9.17) is 4.42 Å². The third-order valence-corrected chi connectivity index (χ3v) is 1.90. The van der Waals surface area contributed by atoms with Gasteiger partial charge in [-0.2, -0.15) is 0 Å². The van der Waals surface area contributed by atoms with Gasteiger partial charge in [-0.25, -0.2) is 0 Å². The summed E-state index contributed by atoms with van der Waals surface area (Å²) < 4.78 is 4.98. The summed E-state index contributed by atoms with van der Waals surface area (Å²) in [6, 6.07) is 3.67. The number of hydrogen-bond acceptors (Lipinski definition) is 5. The average molecular weight is 218 g/mol. The summed E-state index contributed by atoms with van der Waals surface area (Å²) in [4.78, 5) is 15.4. The van der Waals surface area contributed by atoms with Gasteiger partial charge < -0.3 is 9.73 Å². The van der Waals surface area contributed by atoms with Gasteiger partial charge in [-0.15, -0.1) is 10.2 Å². The minimum Gasteiger partial charge on any atom is -0.417 e. The fraction of sp³-hybridized carbons (Fsp3) is 0.200. The van der Waals surface area contributed by atoms with Crippen LogP contribution in [0.2, 0.25) is 0 Å². The zero-order chi connectivity index (χ0) is 11.4. The maximum Gasteiger partial charge on any atom is 0.309 e. The van der Waals surface area contributed by atoms with Crippen molar-refractivity contribution in [2.24, 2.45) is 0 Å². The lowest BCUT2D eigenvalue weighted by atomic mass is 10.3. The monoisotopic (exact) mass is 218 g/mol. The standard InChI is InChI=1S/C10H10N4O2/c1-7-13-14-10(16-7)9(15)12-6-8-3-2-4-11-5-8/h2-5H,6H2,1H3,(H,12,15). The lowest BCUT2D eigenvalue weighted by Crippen LogP contribution is -2.23. The van der Waals surface area contributed by atoms with Gasteiger partial charge in [0.05, 0.1) is 0 Å². The molecule has 0 aliphatic heterocycles. The van der Waals surface area contributed by atoms with E-state index >= 15 is 0 Å². The van der Waals surface area contributed by atoms with E-state index in [1.54, 1.807) is 25.4 Å². The van der Waals surface area contributed by atoms with Crippen molar-refractivity contribution in [2.75, 3.05) is 0 Å². The van der Waals surface area contributed by atoms with Crippen LogP contribution in [-0.2, 0) is 6.54 Å². The third-order valence-electron chi connectivity index (χ3n) is 1.90. The Morgan fingerprint density at radius 3 is 3.00 bits per heavy atom. The highest BCUT2D eigenvalue weighted by Gasteiger charge is 2.12. The van der Waals surface area contributed by atoms with Crippen molar-refractivity contribution in [1.29, 1.82) is 0 Å². The van der Waals surface area contributed by atoms with E-state index in [-0.39, 0.29) is 11.8 Å². The number of aryl methyl sites for hydroxylation is 1. The Morgan fingerprint density at radius 1 is 1.50 bits per heavy atom. The normalized spacial score (nSPS) is 10.1. The summed E-state index contributed by atoms with van der Waals surface area (Å²) in [6.07, 6.45) is 3.35. The van der Waals surface area contributed by atoms with Crippen molar-refractivity contribution >= 4 is 5.91 Å². The van der Waals surface area contributed by atoms with Crippen LogP contribution in [0.15, 0.2) is 28.9 Å². The molecule has 1 N–H and O–H groups in total. The minimum atomic E-state index is -0.385. The van der Waals surface area contributed by atoms with Crippen LogP contribution < -0.4 is 5.32 Å². The van der Waals surface area contributed by atoms with Crippen LogP contribution in [0.25, 0.3) is 0 Å². The molecule has 0 bridgehead atoms. The first-order chi connectivity index (χ1) is 7.75. The molecule has 0 atom stereocenters.